The molecule has 8 heteroatoms. The van der Waals surface area contributed by atoms with Crippen molar-refractivity contribution in [2.75, 3.05) is 0 Å². The summed E-state index contributed by atoms with van der Waals surface area (Å²) >= 11 is 0. The maximum Gasteiger partial charge on any atom is 0.179 e. The molecule has 4 aromatic rings. The highest BCUT2D eigenvalue weighted by Crippen LogP contribution is 2.69. The second-order valence-electron chi connectivity index (χ2n) is 11.7. The quantitative estimate of drug-likeness (QED) is 0.336. The van der Waals surface area contributed by atoms with Gasteiger partial charge in [-0.1, -0.05) is 40.7 Å². The first-order valence-corrected chi connectivity index (χ1v) is 12.5. The van der Waals surface area contributed by atoms with Gasteiger partial charge in [0.1, 0.15) is 17.3 Å². The Morgan fingerprint density at radius 2 is 1.68 bits per heavy atom. The highest BCUT2D eigenvalue weighted by Gasteiger charge is 2.65. The van der Waals surface area contributed by atoms with Gasteiger partial charge in [-0.05, 0) is 54.0 Å². The Bertz CT molecular complexity index is 1510. The molecule has 0 aliphatic heterocycles. The third-order valence-corrected chi connectivity index (χ3v) is 8.34. The zero-order valence-corrected chi connectivity index (χ0v) is 21.5. The van der Waals surface area contributed by atoms with Crippen molar-refractivity contribution in [1.29, 1.82) is 0 Å². The number of aromatic nitrogens is 6. The molecule has 2 atom stereocenters. The van der Waals surface area contributed by atoms with E-state index in [2.05, 4.69) is 59.8 Å². The summed E-state index contributed by atoms with van der Waals surface area (Å²) in [6.07, 6.45) is 7.02. The minimum absolute atomic E-state index is 0.104. The van der Waals surface area contributed by atoms with E-state index in [1.807, 2.05) is 12.1 Å². The highest BCUT2D eigenvalue weighted by atomic mass is 19.1. The molecule has 0 N–H and O–H groups in total. The van der Waals surface area contributed by atoms with Gasteiger partial charge in [0.2, 0.25) is 0 Å². The summed E-state index contributed by atoms with van der Waals surface area (Å²) in [6, 6.07) is 7.58. The number of nitrogens with zero attached hydrogens (tertiary/aromatic N) is 6. The Morgan fingerprint density at radius 1 is 0.919 bits per heavy atom. The Hall–Kier alpha value is -3.68. The van der Waals surface area contributed by atoms with Crippen molar-refractivity contribution in [2.24, 2.45) is 5.41 Å². The number of fused-ring (bicyclic) bond motifs is 5. The molecule has 6 nitrogen and oxygen atoms in total. The van der Waals surface area contributed by atoms with Crippen molar-refractivity contribution < 1.29 is 8.78 Å². The molecule has 6 rings (SSSR count). The molecule has 0 radical (unpaired) electrons. The van der Waals surface area contributed by atoms with Gasteiger partial charge < -0.3 is 0 Å². The van der Waals surface area contributed by atoms with E-state index < -0.39 is 17.0 Å². The summed E-state index contributed by atoms with van der Waals surface area (Å²) in [7, 11) is 0. The molecular formula is C29H28F2N6. The van der Waals surface area contributed by atoms with E-state index in [1.54, 1.807) is 18.6 Å². The standard InChI is InChI=1S/C29H28F2N6/c1-27(2,3)23-15-33-21(14-34-23)26-32-12-10-22(35-26)29-11-9-17(28(29,4)5)16-13-20(36-37-25(16)29)24-18(30)7-6-8-19(24)31/h6-8,10,12-15,17H,9,11H2,1-5H3/t17-,29-/m0/s1. The molecule has 1 aromatic carbocycles. The largest absolute Gasteiger partial charge is 0.257 e. The van der Waals surface area contributed by atoms with Crippen molar-refractivity contribution in [2.45, 2.75) is 64.2 Å². The summed E-state index contributed by atoms with van der Waals surface area (Å²) in [5.41, 5.74) is 3.40. The van der Waals surface area contributed by atoms with E-state index in [9.17, 15) is 8.78 Å². The average Bonchev–Trinajstić information content (AvgIpc) is 3.24. The first-order chi connectivity index (χ1) is 17.5. The van der Waals surface area contributed by atoms with Crippen LogP contribution in [-0.2, 0) is 10.8 Å². The van der Waals surface area contributed by atoms with E-state index in [0.717, 1.165) is 35.5 Å². The maximum absolute atomic E-state index is 14.5. The second-order valence-corrected chi connectivity index (χ2v) is 11.7. The third kappa shape index (κ3) is 3.34. The van der Waals surface area contributed by atoms with Gasteiger partial charge in [0.25, 0.3) is 0 Å². The Labute approximate surface area is 214 Å². The lowest BCUT2D eigenvalue weighted by Crippen LogP contribution is -2.38. The van der Waals surface area contributed by atoms with Crippen molar-refractivity contribution >= 4 is 0 Å². The molecule has 37 heavy (non-hydrogen) atoms. The monoisotopic (exact) mass is 498 g/mol. The van der Waals surface area contributed by atoms with Gasteiger partial charge >= 0.3 is 0 Å². The molecule has 0 spiro atoms. The molecular weight excluding hydrogens is 470 g/mol. The first-order valence-electron chi connectivity index (χ1n) is 12.5. The third-order valence-electron chi connectivity index (χ3n) is 8.34. The molecule has 1 fully saturated rings. The van der Waals surface area contributed by atoms with Crippen LogP contribution in [0, 0.1) is 17.0 Å². The molecule has 0 amide bonds. The fraction of sp³-hybridized carbons (Fsp3) is 0.379. The van der Waals surface area contributed by atoms with E-state index in [0.29, 0.717) is 11.5 Å². The zero-order valence-electron chi connectivity index (χ0n) is 21.5. The summed E-state index contributed by atoms with van der Waals surface area (Å²) < 4.78 is 29.1. The lowest BCUT2D eigenvalue weighted by molar-refractivity contribution is 0.243. The van der Waals surface area contributed by atoms with Gasteiger partial charge in [0.05, 0.1) is 40.0 Å². The molecule has 3 heterocycles. The van der Waals surface area contributed by atoms with Crippen molar-refractivity contribution in [3.8, 4) is 22.8 Å². The van der Waals surface area contributed by atoms with Crippen LogP contribution in [0.4, 0.5) is 8.78 Å². The minimum atomic E-state index is -0.648. The fourth-order valence-corrected chi connectivity index (χ4v) is 6.31. The van der Waals surface area contributed by atoms with Crippen LogP contribution in [0.2, 0.25) is 0 Å². The molecule has 0 saturated heterocycles. The first kappa shape index (κ1) is 23.7. The minimum Gasteiger partial charge on any atom is -0.257 e. The number of hydrogen-bond donors (Lipinski definition) is 0. The van der Waals surface area contributed by atoms with E-state index in [-0.39, 0.29) is 28.0 Å². The molecule has 2 aliphatic carbocycles. The van der Waals surface area contributed by atoms with Gasteiger partial charge in [-0.25, -0.2) is 23.7 Å². The Kier molecular flexibility index (Phi) is 5.07. The predicted octanol–water partition coefficient (Wildman–Crippen LogP) is 6.17. The number of hydrogen-bond acceptors (Lipinski definition) is 6. The van der Waals surface area contributed by atoms with E-state index >= 15 is 0 Å². The molecule has 188 valence electrons. The summed E-state index contributed by atoms with van der Waals surface area (Å²) in [4.78, 5) is 18.7. The summed E-state index contributed by atoms with van der Waals surface area (Å²) in [5.74, 6) is -0.628. The predicted molar refractivity (Wildman–Crippen MR) is 136 cm³/mol. The van der Waals surface area contributed by atoms with E-state index in [4.69, 9.17) is 4.98 Å². The van der Waals surface area contributed by atoms with E-state index in [1.165, 1.54) is 18.2 Å². The van der Waals surface area contributed by atoms with Crippen LogP contribution in [0.25, 0.3) is 22.8 Å². The Morgan fingerprint density at radius 3 is 2.35 bits per heavy atom. The lowest BCUT2D eigenvalue weighted by atomic mass is 9.66. The smallest absolute Gasteiger partial charge is 0.179 e. The molecule has 0 unspecified atom stereocenters. The average molecular weight is 499 g/mol. The van der Waals surface area contributed by atoms with Crippen LogP contribution in [0.15, 0.2) is 48.9 Å². The zero-order chi connectivity index (χ0) is 26.2. The van der Waals surface area contributed by atoms with Gasteiger partial charge in [-0.3, -0.25) is 4.98 Å². The molecule has 2 bridgehead atoms. The SMILES string of the molecule is CC(C)(C)c1cnc(-c2nccc([C@@]34CC[C@@H](c5cc(-c6c(F)cccc6F)nnc53)C4(C)C)n2)cn1. The molecule has 3 aromatic heterocycles. The summed E-state index contributed by atoms with van der Waals surface area (Å²) in [5, 5.41) is 8.93. The van der Waals surface area contributed by atoms with Gasteiger partial charge in [-0.2, -0.15) is 5.10 Å². The lowest BCUT2D eigenvalue weighted by Gasteiger charge is -2.37. The summed E-state index contributed by atoms with van der Waals surface area (Å²) in [6.45, 7) is 10.7. The maximum atomic E-state index is 14.5. The van der Waals surface area contributed by atoms with Crippen LogP contribution in [-0.4, -0.2) is 30.1 Å². The number of rotatable bonds is 3. The van der Waals surface area contributed by atoms with Crippen LogP contribution in [0.5, 0.6) is 0 Å². The number of halogens is 2. The van der Waals surface area contributed by atoms with Crippen LogP contribution in [0.1, 0.15) is 76.0 Å². The molecule has 1 saturated carbocycles. The molecule has 2 aliphatic rings. The van der Waals surface area contributed by atoms with Gasteiger partial charge in [0, 0.05) is 17.8 Å². The van der Waals surface area contributed by atoms with Crippen molar-refractivity contribution in [3.63, 3.8) is 0 Å². The van der Waals surface area contributed by atoms with Crippen LogP contribution in [0.3, 0.4) is 0 Å². The second kappa shape index (κ2) is 7.91. The fourth-order valence-electron chi connectivity index (χ4n) is 6.31. The number of benzene rings is 1. The van der Waals surface area contributed by atoms with Crippen molar-refractivity contribution in [3.05, 3.63) is 83.2 Å². The normalized spacial score (nSPS) is 21.8. The van der Waals surface area contributed by atoms with Crippen molar-refractivity contribution in [1.82, 2.24) is 30.1 Å². The van der Waals surface area contributed by atoms with Crippen LogP contribution < -0.4 is 0 Å². The topological polar surface area (TPSA) is 77.3 Å². The highest BCUT2D eigenvalue weighted by molar-refractivity contribution is 5.64. The van der Waals surface area contributed by atoms with Crippen LogP contribution >= 0.6 is 0 Å². The van der Waals surface area contributed by atoms with Gasteiger partial charge in [-0.15, -0.1) is 5.10 Å². The van der Waals surface area contributed by atoms with Gasteiger partial charge in [0.15, 0.2) is 5.82 Å². The Balaban J connectivity index is 1.46.